The molecule has 1 rings (SSSR count). The Balaban J connectivity index is 2.85. The highest BCUT2D eigenvalue weighted by Gasteiger charge is 2.30. The van der Waals surface area contributed by atoms with Crippen molar-refractivity contribution in [1.82, 2.24) is 4.98 Å². The van der Waals surface area contributed by atoms with E-state index in [2.05, 4.69) is 10.3 Å². The Hall–Kier alpha value is -1.30. The van der Waals surface area contributed by atoms with Gasteiger partial charge in [0.25, 0.3) is 0 Å². The predicted octanol–water partition coefficient (Wildman–Crippen LogP) is 1.21. The average Bonchev–Trinajstić information content (AvgIpc) is 2.18. The summed E-state index contributed by atoms with van der Waals surface area (Å²) in [6.07, 6.45) is 2.86. The van der Waals surface area contributed by atoms with Crippen molar-refractivity contribution < 1.29 is 8.42 Å². The Morgan fingerprint density at radius 1 is 1.47 bits per heavy atom. The first-order valence-electron chi connectivity index (χ1n) is 5.30. The van der Waals surface area contributed by atoms with Crippen molar-refractivity contribution in [2.75, 3.05) is 23.9 Å². The van der Waals surface area contributed by atoms with E-state index in [-0.39, 0.29) is 6.54 Å². The lowest BCUT2D eigenvalue weighted by Crippen LogP contribution is -2.38. The van der Waals surface area contributed by atoms with Crippen molar-refractivity contribution >= 4 is 21.3 Å². The molecule has 0 aliphatic carbocycles. The molecule has 0 radical (unpaired) electrons. The normalized spacial score (nSPS) is 12.5. The lowest BCUT2D eigenvalue weighted by Gasteiger charge is -2.23. The van der Waals surface area contributed by atoms with E-state index in [1.807, 2.05) is 13.0 Å². The zero-order valence-electron chi connectivity index (χ0n) is 10.6. The van der Waals surface area contributed by atoms with Crippen molar-refractivity contribution in [1.29, 1.82) is 0 Å². The minimum Gasteiger partial charge on any atom is -0.396 e. The van der Waals surface area contributed by atoms with Crippen molar-refractivity contribution in [2.45, 2.75) is 25.5 Å². The van der Waals surface area contributed by atoms with Gasteiger partial charge in [-0.1, -0.05) is 0 Å². The number of rotatable bonds is 4. The molecule has 0 unspecified atom stereocenters. The van der Waals surface area contributed by atoms with Gasteiger partial charge in [0.15, 0.2) is 9.84 Å². The zero-order chi connectivity index (χ0) is 13.3. The van der Waals surface area contributed by atoms with Gasteiger partial charge in [-0.15, -0.1) is 0 Å². The van der Waals surface area contributed by atoms with Crippen LogP contribution in [-0.2, 0) is 9.84 Å². The molecule has 0 bridgehead atoms. The Kier molecular flexibility index (Phi) is 3.66. The summed E-state index contributed by atoms with van der Waals surface area (Å²) >= 11 is 0. The van der Waals surface area contributed by atoms with Crippen LogP contribution < -0.4 is 11.1 Å². The van der Waals surface area contributed by atoms with Crippen molar-refractivity contribution in [2.24, 2.45) is 0 Å². The topological polar surface area (TPSA) is 85.1 Å². The molecule has 0 aliphatic rings. The van der Waals surface area contributed by atoms with E-state index in [0.717, 1.165) is 5.56 Å². The second-order valence-corrected chi connectivity index (χ2v) is 7.43. The monoisotopic (exact) mass is 257 g/mol. The van der Waals surface area contributed by atoms with E-state index < -0.39 is 14.6 Å². The fourth-order valence-electron chi connectivity index (χ4n) is 1.14. The molecule has 6 heteroatoms. The molecule has 96 valence electrons. The van der Waals surface area contributed by atoms with Gasteiger partial charge in [0.05, 0.1) is 10.4 Å². The fourth-order valence-corrected chi connectivity index (χ4v) is 1.47. The van der Waals surface area contributed by atoms with Crippen LogP contribution >= 0.6 is 0 Å². The quantitative estimate of drug-likeness (QED) is 0.846. The fraction of sp³-hybridized carbons (Fsp3) is 0.545. The molecule has 0 saturated heterocycles. The predicted molar refractivity (Wildman–Crippen MR) is 70.8 cm³/mol. The first-order valence-corrected chi connectivity index (χ1v) is 7.19. The van der Waals surface area contributed by atoms with Gasteiger partial charge >= 0.3 is 0 Å². The Morgan fingerprint density at radius 3 is 2.59 bits per heavy atom. The van der Waals surface area contributed by atoms with E-state index in [9.17, 15) is 8.42 Å². The third-order valence-corrected chi connectivity index (χ3v) is 5.05. The summed E-state index contributed by atoms with van der Waals surface area (Å²) in [6, 6.07) is 1.81. The number of hydrogen-bond donors (Lipinski definition) is 2. The molecule has 0 saturated carbocycles. The molecule has 1 heterocycles. The van der Waals surface area contributed by atoms with Crippen LogP contribution in [0.25, 0.3) is 0 Å². The van der Waals surface area contributed by atoms with E-state index in [0.29, 0.717) is 11.5 Å². The van der Waals surface area contributed by atoms with Crippen LogP contribution in [0.2, 0.25) is 0 Å². The van der Waals surface area contributed by atoms with E-state index in [1.165, 1.54) is 6.26 Å². The minimum atomic E-state index is -3.13. The van der Waals surface area contributed by atoms with Crippen LogP contribution in [0.5, 0.6) is 0 Å². The first kappa shape index (κ1) is 13.8. The Morgan fingerprint density at radius 2 is 2.06 bits per heavy atom. The van der Waals surface area contributed by atoms with Crippen LogP contribution in [0.3, 0.4) is 0 Å². The lowest BCUT2D eigenvalue weighted by atomic mass is 10.2. The van der Waals surface area contributed by atoms with Gasteiger partial charge in [-0.05, 0) is 32.4 Å². The van der Waals surface area contributed by atoms with Gasteiger partial charge in [-0.2, -0.15) is 0 Å². The lowest BCUT2D eigenvalue weighted by molar-refractivity contribution is 0.559. The number of anilines is 2. The summed E-state index contributed by atoms with van der Waals surface area (Å²) in [4.78, 5) is 4.09. The maximum absolute atomic E-state index is 11.5. The molecule has 0 fully saturated rings. The summed E-state index contributed by atoms with van der Waals surface area (Å²) in [5.41, 5.74) is 7.32. The SMILES string of the molecule is Cc1ccnc(NCC(C)(C)S(C)(=O)=O)c1N. The highest BCUT2D eigenvalue weighted by molar-refractivity contribution is 7.92. The van der Waals surface area contributed by atoms with Crippen molar-refractivity contribution in [3.63, 3.8) is 0 Å². The van der Waals surface area contributed by atoms with E-state index in [1.54, 1.807) is 20.0 Å². The molecule has 1 aromatic rings. The highest BCUT2D eigenvalue weighted by Crippen LogP contribution is 2.21. The molecule has 0 aromatic carbocycles. The summed E-state index contributed by atoms with van der Waals surface area (Å²) < 4.78 is 22.2. The van der Waals surface area contributed by atoms with Gasteiger partial charge in [0.1, 0.15) is 5.82 Å². The summed E-state index contributed by atoms with van der Waals surface area (Å²) in [6.45, 7) is 5.49. The molecule has 0 amide bonds. The average molecular weight is 257 g/mol. The van der Waals surface area contributed by atoms with Gasteiger partial charge in [0, 0.05) is 19.0 Å². The molecular formula is C11H19N3O2S. The van der Waals surface area contributed by atoms with Crippen LogP contribution in [0, 0.1) is 6.92 Å². The Bertz CT molecular complexity index is 509. The number of aryl methyl sites for hydroxylation is 1. The largest absolute Gasteiger partial charge is 0.396 e. The number of sulfone groups is 1. The second kappa shape index (κ2) is 4.52. The standard InChI is InChI=1S/C11H19N3O2S/c1-8-5-6-13-10(9(8)12)14-7-11(2,3)17(4,15)16/h5-6H,7,12H2,1-4H3,(H,13,14). The molecule has 5 nitrogen and oxygen atoms in total. The molecule has 0 aliphatic heterocycles. The number of nitrogens with zero attached hydrogens (tertiary/aromatic N) is 1. The summed E-state index contributed by atoms with van der Waals surface area (Å²) in [5, 5.41) is 2.99. The molecule has 0 spiro atoms. The molecule has 17 heavy (non-hydrogen) atoms. The van der Waals surface area contributed by atoms with Crippen LogP contribution in [0.1, 0.15) is 19.4 Å². The molecular weight excluding hydrogens is 238 g/mol. The van der Waals surface area contributed by atoms with Gasteiger partial charge in [-0.3, -0.25) is 0 Å². The van der Waals surface area contributed by atoms with Gasteiger partial charge in [-0.25, -0.2) is 13.4 Å². The second-order valence-electron chi connectivity index (χ2n) is 4.78. The zero-order valence-corrected chi connectivity index (χ0v) is 11.4. The van der Waals surface area contributed by atoms with E-state index >= 15 is 0 Å². The first-order chi connectivity index (χ1) is 7.65. The third-order valence-electron chi connectivity index (χ3n) is 2.89. The maximum atomic E-state index is 11.5. The van der Waals surface area contributed by atoms with Gasteiger partial charge in [0.2, 0.25) is 0 Å². The van der Waals surface area contributed by atoms with Gasteiger partial charge < -0.3 is 11.1 Å². The molecule has 0 atom stereocenters. The summed E-state index contributed by atoms with van der Waals surface area (Å²) in [7, 11) is -3.13. The van der Waals surface area contributed by atoms with Crippen LogP contribution in [0.4, 0.5) is 11.5 Å². The number of hydrogen-bond acceptors (Lipinski definition) is 5. The van der Waals surface area contributed by atoms with Crippen LogP contribution in [-0.4, -0.2) is 30.9 Å². The number of aromatic nitrogens is 1. The smallest absolute Gasteiger partial charge is 0.154 e. The third kappa shape index (κ3) is 3.09. The number of pyridine rings is 1. The number of nitrogens with one attached hydrogen (secondary N) is 1. The van der Waals surface area contributed by atoms with E-state index in [4.69, 9.17) is 5.73 Å². The Labute approximate surface area is 102 Å². The minimum absolute atomic E-state index is 0.270. The van der Waals surface area contributed by atoms with Crippen molar-refractivity contribution in [3.8, 4) is 0 Å². The number of nitrogens with two attached hydrogens (primary N) is 1. The van der Waals surface area contributed by atoms with Crippen LogP contribution in [0.15, 0.2) is 12.3 Å². The summed E-state index contributed by atoms with van der Waals surface area (Å²) in [5.74, 6) is 0.529. The maximum Gasteiger partial charge on any atom is 0.154 e. The molecule has 3 N–H and O–H groups in total. The highest BCUT2D eigenvalue weighted by atomic mass is 32.2. The molecule has 1 aromatic heterocycles. The number of nitrogen functional groups attached to an aromatic ring is 1. The van der Waals surface area contributed by atoms with Crippen molar-refractivity contribution in [3.05, 3.63) is 17.8 Å².